The minimum atomic E-state index is 0.638. The maximum atomic E-state index is 2.73. The lowest BCUT2D eigenvalue weighted by Gasteiger charge is -2.37. The predicted molar refractivity (Wildman–Crippen MR) is 109 cm³/mol. The normalized spacial score (nSPS) is 16.3. The third-order valence-corrected chi connectivity index (χ3v) is 6.24. The van der Waals surface area contributed by atoms with Crippen LogP contribution in [0.5, 0.6) is 0 Å². The van der Waals surface area contributed by atoms with E-state index in [9.17, 15) is 0 Å². The number of thioether (sulfide) groups is 1. The van der Waals surface area contributed by atoms with Gasteiger partial charge in [-0.1, -0.05) is 40.5 Å². The molecule has 23 heavy (non-hydrogen) atoms. The predicted octanol–water partition coefficient (Wildman–Crippen LogP) is 5.72. The monoisotopic (exact) mass is 344 g/mol. The van der Waals surface area contributed by atoms with Crippen molar-refractivity contribution in [3.63, 3.8) is 0 Å². The Labute approximate surface area is 151 Å². The van der Waals surface area contributed by atoms with E-state index in [0.29, 0.717) is 17.5 Å². The average molecular weight is 345 g/mol. The van der Waals surface area contributed by atoms with Crippen LogP contribution in [-0.2, 0) is 0 Å². The molecule has 140 valence electrons. The molecule has 0 saturated heterocycles. The zero-order chi connectivity index (χ0) is 17.8. The summed E-state index contributed by atoms with van der Waals surface area (Å²) in [5.74, 6) is 0.793. The Kier molecular flexibility index (Phi) is 13.7. The van der Waals surface area contributed by atoms with Crippen LogP contribution in [0.15, 0.2) is 0 Å². The van der Waals surface area contributed by atoms with Crippen molar-refractivity contribution in [2.24, 2.45) is 5.92 Å². The molecule has 0 N–H and O–H groups in total. The van der Waals surface area contributed by atoms with Gasteiger partial charge in [0.25, 0.3) is 0 Å². The third-order valence-electron chi connectivity index (χ3n) is 5.18. The number of nitrogens with zero attached hydrogens (tertiary/aromatic N) is 2. The zero-order valence-electron chi connectivity index (χ0n) is 17.3. The highest BCUT2D eigenvalue weighted by Crippen LogP contribution is 2.24. The Morgan fingerprint density at radius 3 is 2.04 bits per heavy atom. The van der Waals surface area contributed by atoms with Crippen molar-refractivity contribution in [1.29, 1.82) is 0 Å². The summed E-state index contributed by atoms with van der Waals surface area (Å²) < 4.78 is 0. The van der Waals surface area contributed by atoms with Crippen molar-refractivity contribution >= 4 is 11.8 Å². The standard InChI is InChI=1S/C20H44N2S/c1-9-12-15-21(11-3)19(7)13-14-20(23-8)22(17(4)5)16-18(6)10-2/h17-20H,9-16H2,1-8H3. The van der Waals surface area contributed by atoms with Crippen LogP contribution in [0.1, 0.15) is 80.6 Å². The molecule has 3 heteroatoms. The average Bonchev–Trinajstić information content (AvgIpc) is 2.54. The second-order valence-electron chi connectivity index (χ2n) is 7.40. The summed E-state index contributed by atoms with van der Waals surface area (Å²) in [5, 5.41) is 0.663. The van der Waals surface area contributed by atoms with Gasteiger partial charge in [0.15, 0.2) is 0 Å². The Balaban J connectivity index is 4.58. The van der Waals surface area contributed by atoms with Crippen LogP contribution >= 0.6 is 11.8 Å². The molecule has 0 fully saturated rings. The number of hydrogen-bond acceptors (Lipinski definition) is 3. The quantitative estimate of drug-likeness (QED) is 0.372. The maximum Gasteiger partial charge on any atom is 0.0557 e. The van der Waals surface area contributed by atoms with Crippen LogP contribution in [-0.4, -0.2) is 53.1 Å². The van der Waals surface area contributed by atoms with E-state index >= 15 is 0 Å². The summed E-state index contributed by atoms with van der Waals surface area (Å²) in [7, 11) is 0. The van der Waals surface area contributed by atoms with E-state index in [1.54, 1.807) is 0 Å². The van der Waals surface area contributed by atoms with Crippen LogP contribution < -0.4 is 0 Å². The van der Waals surface area contributed by atoms with Gasteiger partial charge < -0.3 is 4.90 Å². The Morgan fingerprint density at radius 2 is 1.61 bits per heavy atom. The highest BCUT2D eigenvalue weighted by Gasteiger charge is 2.23. The smallest absolute Gasteiger partial charge is 0.0557 e. The van der Waals surface area contributed by atoms with E-state index in [4.69, 9.17) is 0 Å². The van der Waals surface area contributed by atoms with Crippen LogP contribution in [0.3, 0.4) is 0 Å². The molecule has 0 aliphatic heterocycles. The van der Waals surface area contributed by atoms with E-state index in [0.717, 1.165) is 5.92 Å². The molecule has 0 aliphatic rings. The van der Waals surface area contributed by atoms with Crippen LogP contribution in [0.2, 0.25) is 0 Å². The molecule has 0 spiro atoms. The van der Waals surface area contributed by atoms with E-state index in [-0.39, 0.29) is 0 Å². The molecule has 3 atom stereocenters. The third kappa shape index (κ3) is 9.36. The highest BCUT2D eigenvalue weighted by molar-refractivity contribution is 7.99. The fourth-order valence-electron chi connectivity index (χ4n) is 3.19. The fourth-order valence-corrected chi connectivity index (χ4v) is 4.16. The van der Waals surface area contributed by atoms with Gasteiger partial charge in [-0.2, -0.15) is 0 Å². The van der Waals surface area contributed by atoms with E-state index in [1.807, 2.05) is 11.8 Å². The molecule has 0 bridgehead atoms. The Bertz CT molecular complexity index is 270. The second kappa shape index (κ2) is 13.5. The van der Waals surface area contributed by atoms with Crippen molar-refractivity contribution in [1.82, 2.24) is 9.80 Å². The van der Waals surface area contributed by atoms with Crippen molar-refractivity contribution < 1.29 is 0 Å². The van der Waals surface area contributed by atoms with Gasteiger partial charge in [-0.15, -0.1) is 11.8 Å². The minimum Gasteiger partial charge on any atom is -0.301 e. The summed E-state index contributed by atoms with van der Waals surface area (Å²) in [6, 6.07) is 1.35. The lowest BCUT2D eigenvalue weighted by atomic mass is 10.1. The molecule has 0 amide bonds. The van der Waals surface area contributed by atoms with Crippen LogP contribution in [0.25, 0.3) is 0 Å². The first kappa shape index (κ1) is 23.3. The van der Waals surface area contributed by atoms with Crippen molar-refractivity contribution in [2.45, 2.75) is 98.0 Å². The lowest BCUT2D eigenvalue weighted by Crippen LogP contribution is -2.42. The van der Waals surface area contributed by atoms with E-state index in [2.05, 4.69) is 64.5 Å². The molecular weight excluding hydrogens is 300 g/mol. The van der Waals surface area contributed by atoms with Crippen molar-refractivity contribution in [2.75, 3.05) is 25.9 Å². The van der Waals surface area contributed by atoms with Gasteiger partial charge in [-0.25, -0.2) is 0 Å². The fraction of sp³-hybridized carbons (Fsp3) is 1.00. The molecule has 0 aromatic carbocycles. The topological polar surface area (TPSA) is 6.48 Å². The molecule has 0 aliphatic carbocycles. The van der Waals surface area contributed by atoms with E-state index in [1.165, 1.54) is 51.7 Å². The largest absolute Gasteiger partial charge is 0.301 e. The zero-order valence-corrected chi connectivity index (χ0v) is 18.1. The summed E-state index contributed by atoms with van der Waals surface area (Å²) >= 11 is 2.05. The lowest BCUT2D eigenvalue weighted by molar-refractivity contribution is 0.152. The first-order chi connectivity index (χ1) is 10.9. The molecule has 0 heterocycles. The first-order valence-corrected chi connectivity index (χ1v) is 11.2. The molecule has 2 nitrogen and oxygen atoms in total. The molecule has 0 saturated carbocycles. The van der Waals surface area contributed by atoms with Crippen molar-refractivity contribution in [3.05, 3.63) is 0 Å². The molecule has 0 rings (SSSR count). The highest BCUT2D eigenvalue weighted by atomic mass is 32.2. The van der Waals surface area contributed by atoms with Gasteiger partial charge in [0.2, 0.25) is 0 Å². The first-order valence-electron chi connectivity index (χ1n) is 9.93. The summed E-state index contributed by atoms with van der Waals surface area (Å²) in [6.45, 7) is 20.1. The van der Waals surface area contributed by atoms with Gasteiger partial charge in [0, 0.05) is 18.6 Å². The molecular formula is C20H44N2S. The van der Waals surface area contributed by atoms with Gasteiger partial charge >= 0.3 is 0 Å². The number of hydrogen-bond donors (Lipinski definition) is 0. The summed E-state index contributed by atoms with van der Waals surface area (Å²) in [4.78, 5) is 5.39. The van der Waals surface area contributed by atoms with Gasteiger partial charge in [0.05, 0.1) is 5.37 Å². The molecule has 0 radical (unpaired) electrons. The number of unbranched alkanes of at least 4 members (excludes halogenated alkanes) is 1. The van der Waals surface area contributed by atoms with Crippen molar-refractivity contribution in [3.8, 4) is 0 Å². The Hall–Kier alpha value is 0.270. The van der Waals surface area contributed by atoms with E-state index < -0.39 is 0 Å². The van der Waals surface area contributed by atoms with Gasteiger partial charge in [-0.3, -0.25) is 4.90 Å². The summed E-state index contributed by atoms with van der Waals surface area (Å²) in [6.07, 6.45) is 8.81. The SMILES string of the molecule is CCCCN(CC)C(C)CCC(SC)N(CC(C)CC)C(C)C. The minimum absolute atomic E-state index is 0.638. The molecule has 3 unspecified atom stereocenters. The van der Waals surface area contributed by atoms with Gasteiger partial charge in [0.1, 0.15) is 0 Å². The summed E-state index contributed by atoms with van der Waals surface area (Å²) in [5.41, 5.74) is 0. The second-order valence-corrected chi connectivity index (χ2v) is 8.42. The van der Waals surface area contributed by atoms with Crippen LogP contribution in [0.4, 0.5) is 0 Å². The van der Waals surface area contributed by atoms with Gasteiger partial charge in [-0.05, 0) is 65.3 Å². The number of rotatable bonds is 14. The van der Waals surface area contributed by atoms with Crippen LogP contribution in [0, 0.1) is 5.92 Å². The molecule has 0 aromatic heterocycles. The maximum absolute atomic E-state index is 2.73. The molecule has 0 aromatic rings. The Morgan fingerprint density at radius 1 is 0.957 bits per heavy atom.